The van der Waals surface area contributed by atoms with Gasteiger partial charge in [0.25, 0.3) is 5.91 Å². The Bertz CT molecular complexity index is 447. The van der Waals surface area contributed by atoms with Crippen LogP contribution < -0.4 is 11.1 Å². The van der Waals surface area contributed by atoms with E-state index >= 15 is 0 Å². The molecule has 1 saturated carbocycles. The van der Waals surface area contributed by atoms with Crippen molar-refractivity contribution in [1.29, 1.82) is 0 Å². The molecule has 0 aliphatic heterocycles. The molecule has 0 aromatic carbocycles. The van der Waals surface area contributed by atoms with E-state index in [4.69, 9.17) is 5.73 Å². The number of aryl methyl sites for hydroxylation is 1. The smallest absolute Gasteiger partial charge is 0.271 e. The average Bonchev–Trinajstić information content (AvgIpc) is 2.82. The van der Waals surface area contributed by atoms with Crippen molar-refractivity contribution in [2.45, 2.75) is 65.0 Å². The van der Waals surface area contributed by atoms with Gasteiger partial charge in [-0.25, -0.2) is 0 Å². The first kappa shape index (κ1) is 14.9. The van der Waals surface area contributed by atoms with Gasteiger partial charge in [-0.2, -0.15) is 5.10 Å². The predicted octanol–water partition coefficient (Wildman–Crippen LogP) is 2.57. The molecular formula is C15H26N4O. The topological polar surface area (TPSA) is 72.9 Å². The van der Waals surface area contributed by atoms with Crippen molar-refractivity contribution in [2.75, 3.05) is 5.73 Å². The van der Waals surface area contributed by atoms with Gasteiger partial charge < -0.3 is 11.1 Å². The first-order valence-electron chi connectivity index (χ1n) is 7.77. The molecule has 1 amide bonds. The highest BCUT2D eigenvalue weighted by molar-refractivity contribution is 5.97. The van der Waals surface area contributed by atoms with Gasteiger partial charge in [0.15, 0.2) is 0 Å². The van der Waals surface area contributed by atoms with Crippen LogP contribution in [-0.2, 0) is 6.54 Å². The summed E-state index contributed by atoms with van der Waals surface area (Å²) >= 11 is 0. The second-order valence-corrected chi connectivity index (χ2v) is 5.74. The zero-order chi connectivity index (χ0) is 14.5. The van der Waals surface area contributed by atoms with Crippen LogP contribution in [0.5, 0.6) is 0 Å². The Morgan fingerprint density at radius 3 is 2.70 bits per heavy atom. The summed E-state index contributed by atoms with van der Waals surface area (Å²) in [5.41, 5.74) is 6.81. The van der Waals surface area contributed by atoms with Gasteiger partial charge in [-0.05, 0) is 38.5 Å². The first-order chi connectivity index (χ1) is 9.65. The summed E-state index contributed by atoms with van der Waals surface area (Å²) in [6.07, 6.45) is 8.73. The second kappa shape index (κ2) is 6.77. The minimum atomic E-state index is -0.0826. The first-order valence-corrected chi connectivity index (χ1v) is 7.77. The third-order valence-corrected chi connectivity index (χ3v) is 4.26. The molecule has 20 heavy (non-hydrogen) atoms. The second-order valence-electron chi connectivity index (χ2n) is 5.74. The number of nitrogen functional groups attached to an aromatic ring is 1. The van der Waals surface area contributed by atoms with E-state index in [1.165, 1.54) is 25.7 Å². The van der Waals surface area contributed by atoms with Crippen LogP contribution in [0.25, 0.3) is 0 Å². The van der Waals surface area contributed by atoms with E-state index in [0.29, 0.717) is 17.9 Å². The molecule has 1 aromatic heterocycles. The Morgan fingerprint density at radius 2 is 2.10 bits per heavy atom. The van der Waals surface area contributed by atoms with Crippen LogP contribution >= 0.6 is 0 Å². The number of amides is 1. The van der Waals surface area contributed by atoms with Gasteiger partial charge in [-0.1, -0.05) is 19.8 Å². The van der Waals surface area contributed by atoms with E-state index in [-0.39, 0.29) is 11.9 Å². The monoisotopic (exact) mass is 278 g/mol. The Kier molecular flexibility index (Phi) is 5.04. The molecule has 5 heteroatoms. The summed E-state index contributed by atoms with van der Waals surface area (Å²) in [4.78, 5) is 12.3. The van der Waals surface area contributed by atoms with E-state index in [9.17, 15) is 4.79 Å². The summed E-state index contributed by atoms with van der Waals surface area (Å²) in [6, 6.07) is 0.287. The lowest BCUT2D eigenvalue weighted by Gasteiger charge is -2.29. The van der Waals surface area contributed by atoms with Crippen LogP contribution in [0, 0.1) is 5.92 Å². The molecule has 112 valence electrons. The number of rotatable bonds is 5. The van der Waals surface area contributed by atoms with Crippen molar-refractivity contribution in [3.63, 3.8) is 0 Å². The Hall–Kier alpha value is -1.52. The van der Waals surface area contributed by atoms with Gasteiger partial charge in [0, 0.05) is 12.6 Å². The molecular weight excluding hydrogens is 252 g/mol. The van der Waals surface area contributed by atoms with Gasteiger partial charge in [-0.15, -0.1) is 0 Å². The molecule has 1 heterocycles. The van der Waals surface area contributed by atoms with Crippen molar-refractivity contribution < 1.29 is 4.79 Å². The number of nitrogens with zero attached hydrogens (tertiary/aromatic N) is 2. The number of hydrogen-bond donors (Lipinski definition) is 2. The van der Waals surface area contributed by atoms with E-state index in [1.807, 2.05) is 6.92 Å². The quantitative estimate of drug-likeness (QED) is 0.869. The van der Waals surface area contributed by atoms with Crippen molar-refractivity contribution in [3.8, 4) is 0 Å². The SMILES string of the molecule is CCCC1CCC(NC(=O)c2c(N)cnn2CC)CC1. The molecule has 1 aliphatic rings. The van der Waals surface area contributed by atoms with Crippen molar-refractivity contribution >= 4 is 11.6 Å². The molecule has 0 radical (unpaired) electrons. The molecule has 1 aromatic rings. The minimum Gasteiger partial charge on any atom is -0.396 e. The maximum Gasteiger partial charge on any atom is 0.271 e. The van der Waals surface area contributed by atoms with Crippen molar-refractivity contribution in [3.05, 3.63) is 11.9 Å². The van der Waals surface area contributed by atoms with Gasteiger partial charge in [0.1, 0.15) is 5.69 Å². The van der Waals surface area contributed by atoms with Gasteiger partial charge in [-0.3, -0.25) is 9.48 Å². The lowest BCUT2D eigenvalue weighted by Crippen LogP contribution is -2.38. The fourth-order valence-electron chi connectivity index (χ4n) is 3.15. The molecule has 1 aliphatic carbocycles. The highest BCUT2D eigenvalue weighted by atomic mass is 16.2. The summed E-state index contributed by atoms with van der Waals surface area (Å²) in [7, 11) is 0. The number of carbonyl (C=O) groups excluding carboxylic acids is 1. The molecule has 1 fully saturated rings. The largest absolute Gasteiger partial charge is 0.396 e. The van der Waals surface area contributed by atoms with Crippen LogP contribution in [0.15, 0.2) is 6.20 Å². The van der Waals surface area contributed by atoms with Crippen LogP contribution in [0.3, 0.4) is 0 Å². The zero-order valence-electron chi connectivity index (χ0n) is 12.6. The van der Waals surface area contributed by atoms with Gasteiger partial charge in [0.05, 0.1) is 11.9 Å². The van der Waals surface area contributed by atoms with E-state index in [1.54, 1.807) is 10.9 Å². The van der Waals surface area contributed by atoms with Crippen molar-refractivity contribution in [2.24, 2.45) is 5.92 Å². The van der Waals surface area contributed by atoms with Crippen LogP contribution in [0.1, 0.15) is 62.9 Å². The molecule has 0 bridgehead atoms. The Morgan fingerprint density at radius 1 is 1.40 bits per heavy atom. The summed E-state index contributed by atoms with van der Waals surface area (Å²) in [5.74, 6) is 0.764. The van der Waals surface area contributed by atoms with E-state index in [2.05, 4.69) is 17.3 Å². The number of hydrogen-bond acceptors (Lipinski definition) is 3. The molecule has 2 rings (SSSR count). The van der Waals surface area contributed by atoms with E-state index in [0.717, 1.165) is 18.8 Å². The van der Waals surface area contributed by atoms with Crippen LogP contribution in [0.2, 0.25) is 0 Å². The minimum absolute atomic E-state index is 0.0826. The van der Waals surface area contributed by atoms with Crippen LogP contribution in [-0.4, -0.2) is 21.7 Å². The third-order valence-electron chi connectivity index (χ3n) is 4.26. The zero-order valence-corrected chi connectivity index (χ0v) is 12.6. The number of aromatic nitrogens is 2. The molecule has 0 saturated heterocycles. The molecule has 0 spiro atoms. The highest BCUT2D eigenvalue weighted by Crippen LogP contribution is 2.28. The summed E-state index contributed by atoms with van der Waals surface area (Å²) in [6.45, 7) is 4.85. The number of carbonyl (C=O) groups is 1. The van der Waals surface area contributed by atoms with Gasteiger partial charge in [0.2, 0.25) is 0 Å². The van der Waals surface area contributed by atoms with Crippen molar-refractivity contribution in [1.82, 2.24) is 15.1 Å². The number of anilines is 1. The molecule has 0 unspecified atom stereocenters. The highest BCUT2D eigenvalue weighted by Gasteiger charge is 2.24. The summed E-state index contributed by atoms with van der Waals surface area (Å²) in [5, 5.41) is 7.24. The molecule has 3 N–H and O–H groups in total. The van der Waals surface area contributed by atoms with Gasteiger partial charge >= 0.3 is 0 Å². The average molecular weight is 278 g/mol. The normalized spacial score (nSPS) is 22.7. The third kappa shape index (κ3) is 3.32. The lowest BCUT2D eigenvalue weighted by molar-refractivity contribution is 0.0911. The van der Waals surface area contributed by atoms with E-state index < -0.39 is 0 Å². The molecule has 0 atom stereocenters. The molecule has 5 nitrogen and oxygen atoms in total. The maximum absolute atomic E-state index is 12.3. The lowest BCUT2D eigenvalue weighted by atomic mass is 9.83. The number of nitrogens with two attached hydrogens (primary N) is 1. The van der Waals surface area contributed by atoms with Crippen LogP contribution in [0.4, 0.5) is 5.69 Å². The number of nitrogens with one attached hydrogen (secondary N) is 1. The standard InChI is InChI=1S/C15H26N4O/c1-3-5-11-6-8-12(9-7-11)18-15(20)14-13(16)10-17-19(14)4-2/h10-12H,3-9,16H2,1-2H3,(H,18,20). The predicted molar refractivity (Wildman–Crippen MR) is 80.4 cm³/mol. The Labute approximate surface area is 120 Å². The maximum atomic E-state index is 12.3. The Balaban J connectivity index is 1.91. The summed E-state index contributed by atoms with van der Waals surface area (Å²) < 4.78 is 1.66. The fourth-order valence-corrected chi connectivity index (χ4v) is 3.15. The fraction of sp³-hybridized carbons (Fsp3) is 0.733.